The van der Waals surface area contributed by atoms with Crippen molar-refractivity contribution in [3.05, 3.63) is 35.1 Å². The van der Waals surface area contributed by atoms with Crippen LogP contribution in [0.5, 0.6) is 5.75 Å². The van der Waals surface area contributed by atoms with Crippen molar-refractivity contribution in [1.29, 1.82) is 0 Å². The lowest BCUT2D eigenvalue weighted by molar-refractivity contribution is 0.416. The molecule has 1 aromatic heterocycles. The lowest BCUT2D eigenvalue weighted by Crippen LogP contribution is -2.35. The molecule has 0 spiro atoms. The molecule has 0 aliphatic carbocycles. The number of ether oxygens (including phenoxy) is 1. The van der Waals surface area contributed by atoms with E-state index in [0.717, 1.165) is 23.6 Å². The zero-order valence-electron chi connectivity index (χ0n) is 12.2. The molecule has 4 nitrogen and oxygen atoms in total. The number of benzene rings is 1. The molecule has 0 saturated carbocycles. The largest absolute Gasteiger partial charge is 0.496 e. The molecule has 0 atom stereocenters. The van der Waals surface area contributed by atoms with Gasteiger partial charge < -0.3 is 15.0 Å². The number of aromatic amines is 1. The first-order chi connectivity index (χ1) is 9.39. The second-order valence-corrected chi connectivity index (χ2v) is 6.14. The molecule has 20 heavy (non-hydrogen) atoms. The third kappa shape index (κ3) is 3.74. The van der Waals surface area contributed by atoms with Gasteiger partial charge in [0.2, 0.25) is 0 Å². The molecule has 2 N–H and O–H groups in total. The maximum absolute atomic E-state index is 5.97. The Bertz CT molecular complexity index is 587. The summed E-state index contributed by atoms with van der Waals surface area (Å²) in [5, 5.41) is 4.06. The lowest BCUT2D eigenvalue weighted by Gasteiger charge is -2.19. The van der Waals surface area contributed by atoms with E-state index in [0.29, 0.717) is 10.8 Å². The third-order valence-electron chi connectivity index (χ3n) is 2.86. The highest BCUT2D eigenvalue weighted by Crippen LogP contribution is 2.30. The fourth-order valence-electron chi connectivity index (χ4n) is 1.81. The highest BCUT2D eigenvalue weighted by molar-refractivity contribution is 6.30. The van der Waals surface area contributed by atoms with Gasteiger partial charge in [-0.15, -0.1) is 0 Å². The summed E-state index contributed by atoms with van der Waals surface area (Å²) in [4.78, 5) is 7.71. The van der Waals surface area contributed by atoms with Crippen LogP contribution in [0.4, 0.5) is 0 Å². The number of halogens is 1. The summed E-state index contributed by atoms with van der Waals surface area (Å²) in [6.07, 6.45) is 1.84. The molecule has 1 heterocycles. The zero-order valence-corrected chi connectivity index (χ0v) is 13.0. The Morgan fingerprint density at radius 2 is 2.10 bits per heavy atom. The molecule has 0 aliphatic heterocycles. The quantitative estimate of drug-likeness (QED) is 0.905. The predicted octanol–water partition coefficient (Wildman–Crippen LogP) is 3.63. The van der Waals surface area contributed by atoms with Crippen LogP contribution in [0.2, 0.25) is 5.02 Å². The van der Waals surface area contributed by atoms with Crippen LogP contribution in [-0.2, 0) is 6.54 Å². The molecule has 5 heteroatoms. The van der Waals surface area contributed by atoms with Crippen molar-refractivity contribution >= 4 is 11.6 Å². The maximum Gasteiger partial charge on any atom is 0.141 e. The van der Waals surface area contributed by atoms with E-state index >= 15 is 0 Å². The molecule has 108 valence electrons. The Balaban J connectivity index is 2.20. The molecule has 0 aliphatic rings. The molecule has 0 unspecified atom stereocenters. The van der Waals surface area contributed by atoms with Crippen molar-refractivity contribution in [2.45, 2.75) is 32.9 Å². The van der Waals surface area contributed by atoms with Gasteiger partial charge in [0.1, 0.15) is 11.6 Å². The first-order valence-electron chi connectivity index (χ1n) is 6.52. The van der Waals surface area contributed by atoms with Gasteiger partial charge in [-0.3, -0.25) is 0 Å². The minimum atomic E-state index is 0.0727. The van der Waals surface area contributed by atoms with Gasteiger partial charge >= 0.3 is 0 Å². The summed E-state index contributed by atoms with van der Waals surface area (Å²) in [6.45, 7) is 7.14. The zero-order chi connectivity index (χ0) is 14.8. The summed E-state index contributed by atoms with van der Waals surface area (Å²) in [6, 6.07) is 5.52. The number of nitrogens with one attached hydrogen (secondary N) is 2. The molecule has 0 fully saturated rings. The van der Waals surface area contributed by atoms with Gasteiger partial charge in [0, 0.05) is 29.0 Å². The SMILES string of the molecule is COc1cc(Cl)ccc1-c1ncc(CNC(C)(C)C)[nH]1. The van der Waals surface area contributed by atoms with Crippen molar-refractivity contribution in [2.75, 3.05) is 7.11 Å². The summed E-state index contributed by atoms with van der Waals surface area (Å²) in [7, 11) is 1.63. The van der Waals surface area contributed by atoms with Crippen LogP contribution in [-0.4, -0.2) is 22.6 Å². The average Bonchev–Trinajstić information content (AvgIpc) is 2.84. The van der Waals surface area contributed by atoms with Gasteiger partial charge in [-0.1, -0.05) is 11.6 Å². The van der Waals surface area contributed by atoms with Crippen LogP contribution in [0.1, 0.15) is 26.5 Å². The van der Waals surface area contributed by atoms with Crippen LogP contribution in [0, 0.1) is 0 Å². The number of H-pyrrole nitrogens is 1. The lowest BCUT2D eigenvalue weighted by atomic mass is 10.1. The summed E-state index contributed by atoms with van der Waals surface area (Å²) in [5.41, 5.74) is 2.01. The highest BCUT2D eigenvalue weighted by atomic mass is 35.5. The Hall–Kier alpha value is -1.52. The maximum atomic E-state index is 5.97. The van der Waals surface area contributed by atoms with Crippen molar-refractivity contribution in [2.24, 2.45) is 0 Å². The topological polar surface area (TPSA) is 49.9 Å². The normalized spacial score (nSPS) is 11.7. The Labute approximate surface area is 124 Å². The summed E-state index contributed by atoms with van der Waals surface area (Å²) in [5.74, 6) is 1.49. The van der Waals surface area contributed by atoms with E-state index in [4.69, 9.17) is 16.3 Å². The average molecular weight is 294 g/mol. The van der Waals surface area contributed by atoms with Crippen molar-refractivity contribution in [3.63, 3.8) is 0 Å². The van der Waals surface area contributed by atoms with Gasteiger partial charge in [0.05, 0.1) is 12.7 Å². The summed E-state index contributed by atoms with van der Waals surface area (Å²) >= 11 is 5.97. The molecule has 0 bridgehead atoms. The van der Waals surface area contributed by atoms with Gasteiger partial charge in [-0.25, -0.2) is 4.98 Å². The molecular formula is C15H20ClN3O. The minimum absolute atomic E-state index is 0.0727. The molecule has 0 amide bonds. The van der Waals surface area contributed by atoms with E-state index in [9.17, 15) is 0 Å². The highest BCUT2D eigenvalue weighted by Gasteiger charge is 2.12. The van der Waals surface area contributed by atoms with E-state index in [1.165, 1.54) is 0 Å². The first kappa shape index (κ1) is 14.9. The Morgan fingerprint density at radius 1 is 1.35 bits per heavy atom. The van der Waals surface area contributed by atoms with Gasteiger partial charge in [0.15, 0.2) is 0 Å². The molecule has 0 radical (unpaired) electrons. The molecular weight excluding hydrogens is 274 g/mol. The number of nitrogens with zero attached hydrogens (tertiary/aromatic N) is 1. The Morgan fingerprint density at radius 3 is 2.75 bits per heavy atom. The van der Waals surface area contributed by atoms with Crippen LogP contribution >= 0.6 is 11.6 Å². The van der Waals surface area contributed by atoms with Crippen LogP contribution in [0.25, 0.3) is 11.4 Å². The number of imidazole rings is 1. The van der Waals surface area contributed by atoms with Crippen LogP contribution in [0.3, 0.4) is 0 Å². The van der Waals surface area contributed by atoms with Crippen molar-refractivity contribution in [3.8, 4) is 17.1 Å². The number of hydrogen-bond donors (Lipinski definition) is 2. The van der Waals surface area contributed by atoms with E-state index in [1.54, 1.807) is 13.2 Å². The van der Waals surface area contributed by atoms with Gasteiger partial charge in [0.25, 0.3) is 0 Å². The smallest absolute Gasteiger partial charge is 0.141 e. The van der Waals surface area contributed by atoms with Crippen molar-refractivity contribution in [1.82, 2.24) is 15.3 Å². The standard InChI is InChI=1S/C15H20ClN3O/c1-15(2,3)18-9-11-8-17-14(19-11)12-6-5-10(16)7-13(12)20-4/h5-8,18H,9H2,1-4H3,(H,17,19). The Kier molecular flexibility index (Phi) is 4.35. The number of hydrogen-bond acceptors (Lipinski definition) is 3. The van der Waals surface area contributed by atoms with E-state index < -0.39 is 0 Å². The van der Waals surface area contributed by atoms with Gasteiger partial charge in [-0.05, 0) is 39.0 Å². The molecule has 2 aromatic rings. The molecule has 0 saturated heterocycles. The number of aromatic nitrogens is 2. The summed E-state index contributed by atoms with van der Waals surface area (Å²) < 4.78 is 5.34. The first-order valence-corrected chi connectivity index (χ1v) is 6.89. The third-order valence-corrected chi connectivity index (χ3v) is 3.09. The van der Waals surface area contributed by atoms with Crippen LogP contribution in [0.15, 0.2) is 24.4 Å². The molecule has 1 aromatic carbocycles. The van der Waals surface area contributed by atoms with E-state index in [1.807, 2.05) is 18.3 Å². The van der Waals surface area contributed by atoms with E-state index in [2.05, 4.69) is 36.1 Å². The number of rotatable bonds is 4. The monoisotopic (exact) mass is 293 g/mol. The fourth-order valence-corrected chi connectivity index (χ4v) is 1.97. The van der Waals surface area contributed by atoms with E-state index in [-0.39, 0.29) is 5.54 Å². The second-order valence-electron chi connectivity index (χ2n) is 5.71. The van der Waals surface area contributed by atoms with Gasteiger partial charge in [-0.2, -0.15) is 0 Å². The molecule has 2 rings (SSSR count). The van der Waals surface area contributed by atoms with Crippen LogP contribution < -0.4 is 10.1 Å². The second kappa shape index (κ2) is 5.85. The number of methoxy groups -OCH3 is 1. The fraction of sp³-hybridized carbons (Fsp3) is 0.400. The minimum Gasteiger partial charge on any atom is -0.496 e. The predicted molar refractivity (Wildman–Crippen MR) is 82.2 cm³/mol. The van der Waals surface area contributed by atoms with Crippen molar-refractivity contribution < 1.29 is 4.74 Å².